The molecule has 0 bridgehead atoms. The molecular weight excluding hydrogens is 208 g/mol. The average Bonchev–Trinajstić information content (AvgIpc) is 2.96. The largest absolute Gasteiger partial charge is 0.350 e. The molecular formula is C11H16N2OS. The van der Waals surface area contributed by atoms with E-state index in [2.05, 4.69) is 29.0 Å². The van der Waals surface area contributed by atoms with Crippen molar-refractivity contribution in [2.24, 2.45) is 0 Å². The minimum absolute atomic E-state index is 0.0923. The molecule has 1 fully saturated rings. The van der Waals surface area contributed by atoms with Gasteiger partial charge in [-0.05, 0) is 36.8 Å². The first-order valence-electron chi connectivity index (χ1n) is 5.29. The number of carbonyl (C=O) groups excluding carboxylic acids is 1. The summed E-state index contributed by atoms with van der Waals surface area (Å²) in [5.74, 6) is 0.0923. The van der Waals surface area contributed by atoms with E-state index in [-0.39, 0.29) is 5.91 Å². The second-order valence-electron chi connectivity index (χ2n) is 3.96. The normalized spacial score (nSPS) is 15.3. The monoisotopic (exact) mass is 224 g/mol. The molecule has 0 aliphatic heterocycles. The van der Waals surface area contributed by atoms with Crippen LogP contribution < -0.4 is 10.6 Å². The van der Waals surface area contributed by atoms with Crippen molar-refractivity contribution in [1.82, 2.24) is 10.6 Å². The zero-order chi connectivity index (χ0) is 10.7. The fourth-order valence-electron chi connectivity index (χ4n) is 1.35. The van der Waals surface area contributed by atoms with E-state index >= 15 is 0 Å². The van der Waals surface area contributed by atoms with E-state index in [4.69, 9.17) is 0 Å². The van der Waals surface area contributed by atoms with Gasteiger partial charge in [0.25, 0.3) is 0 Å². The SMILES string of the molecule is Cc1ccsc1CNC(=O)CNC1CC1. The lowest BCUT2D eigenvalue weighted by Gasteiger charge is -2.05. The number of amides is 1. The molecule has 1 saturated carbocycles. The first-order valence-corrected chi connectivity index (χ1v) is 6.16. The van der Waals surface area contributed by atoms with Crippen LogP contribution in [0.5, 0.6) is 0 Å². The van der Waals surface area contributed by atoms with Crippen molar-refractivity contribution in [3.05, 3.63) is 21.9 Å². The van der Waals surface area contributed by atoms with Gasteiger partial charge in [0.15, 0.2) is 0 Å². The third kappa shape index (κ3) is 3.32. The zero-order valence-electron chi connectivity index (χ0n) is 8.88. The highest BCUT2D eigenvalue weighted by atomic mass is 32.1. The molecule has 0 spiro atoms. The fraction of sp³-hybridized carbons (Fsp3) is 0.545. The van der Waals surface area contributed by atoms with Gasteiger partial charge in [-0.25, -0.2) is 0 Å². The Morgan fingerprint density at radius 2 is 2.40 bits per heavy atom. The molecule has 2 rings (SSSR count). The van der Waals surface area contributed by atoms with E-state index in [0.717, 1.165) is 0 Å². The van der Waals surface area contributed by atoms with E-state index in [0.29, 0.717) is 19.1 Å². The molecule has 0 saturated heterocycles. The first-order chi connectivity index (χ1) is 7.25. The minimum atomic E-state index is 0.0923. The molecule has 0 atom stereocenters. The van der Waals surface area contributed by atoms with E-state index in [1.54, 1.807) is 11.3 Å². The minimum Gasteiger partial charge on any atom is -0.350 e. The van der Waals surface area contributed by atoms with Crippen molar-refractivity contribution in [3.8, 4) is 0 Å². The third-order valence-corrected chi connectivity index (χ3v) is 3.57. The summed E-state index contributed by atoms with van der Waals surface area (Å²) in [4.78, 5) is 12.7. The van der Waals surface area contributed by atoms with Crippen molar-refractivity contribution >= 4 is 17.2 Å². The summed E-state index contributed by atoms with van der Waals surface area (Å²) in [6.45, 7) is 3.18. The molecule has 1 heterocycles. The van der Waals surface area contributed by atoms with Crippen molar-refractivity contribution in [3.63, 3.8) is 0 Å². The number of nitrogens with one attached hydrogen (secondary N) is 2. The number of thiophene rings is 1. The molecule has 2 N–H and O–H groups in total. The van der Waals surface area contributed by atoms with Crippen LogP contribution in [0.15, 0.2) is 11.4 Å². The van der Waals surface area contributed by atoms with Gasteiger partial charge in [0.05, 0.1) is 13.1 Å². The smallest absolute Gasteiger partial charge is 0.234 e. The summed E-state index contributed by atoms with van der Waals surface area (Å²) < 4.78 is 0. The molecule has 3 nitrogen and oxygen atoms in total. The highest BCUT2D eigenvalue weighted by Crippen LogP contribution is 2.18. The predicted octanol–water partition coefficient (Wildman–Crippen LogP) is 1.42. The van der Waals surface area contributed by atoms with Crippen LogP contribution in [0.2, 0.25) is 0 Å². The van der Waals surface area contributed by atoms with Crippen molar-refractivity contribution in [2.75, 3.05) is 6.54 Å². The number of hydrogen-bond acceptors (Lipinski definition) is 3. The van der Waals surface area contributed by atoms with Gasteiger partial charge in [0.2, 0.25) is 5.91 Å². The lowest BCUT2D eigenvalue weighted by molar-refractivity contribution is -0.120. The quantitative estimate of drug-likeness (QED) is 0.794. The van der Waals surface area contributed by atoms with Gasteiger partial charge in [-0.2, -0.15) is 0 Å². The topological polar surface area (TPSA) is 41.1 Å². The van der Waals surface area contributed by atoms with Crippen LogP contribution in [0.4, 0.5) is 0 Å². The standard InChI is InChI=1S/C11H16N2OS/c1-8-4-5-15-10(8)6-13-11(14)7-12-9-2-3-9/h4-5,9,12H,2-3,6-7H2,1H3,(H,13,14). The zero-order valence-corrected chi connectivity index (χ0v) is 9.69. The van der Waals surface area contributed by atoms with Gasteiger partial charge in [-0.15, -0.1) is 11.3 Å². The van der Waals surface area contributed by atoms with E-state index in [9.17, 15) is 4.79 Å². The molecule has 1 aliphatic carbocycles. The second-order valence-corrected chi connectivity index (χ2v) is 4.96. The lowest BCUT2D eigenvalue weighted by atomic mass is 10.3. The first kappa shape index (κ1) is 10.6. The summed E-state index contributed by atoms with van der Waals surface area (Å²) in [7, 11) is 0. The fourth-order valence-corrected chi connectivity index (χ4v) is 2.20. The number of carbonyl (C=O) groups is 1. The van der Waals surface area contributed by atoms with E-state index < -0.39 is 0 Å². The maximum absolute atomic E-state index is 11.4. The summed E-state index contributed by atoms with van der Waals surface area (Å²) in [5.41, 5.74) is 1.26. The Bertz CT molecular complexity index is 344. The Kier molecular flexibility index (Phi) is 3.38. The van der Waals surface area contributed by atoms with Crippen LogP contribution >= 0.6 is 11.3 Å². The van der Waals surface area contributed by atoms with Crippen molar-refractivity contribution in [1.29, 1.82) is 0 Å². The van der Waals surface area contributed by atoms with Crippen molar-refractivity contribution in [2.45, 2.75) is 32.4 Å². The number of hydrogen-bond donors (Lipinski definition) is 2. The van der Waals surface area contributed by atoms with Crippen LogP contribution in [0, 0.1) is 6.92 Å². The number of aryl methyl sites for hydroxylation is 1. The van der Waals surface area contributed by atoms with Gasteiger partial charge < -0.3 is 10.6 Å². The second kappa shape index (κ2) is 4.77. The predicted molar refractivity (Wildman–Crippen MR) is 61.9 cm³/mol. The van der Waals surface area contributed by atoms with Crippen LogP contribution in [0.25, 0.3) is 0 Å². The van der Waals surface area contributed by atoms with Crippen molar-refractivity contribution < 1.29 is 4.79 Å². The molecule has 1 aromatic rings. The molecule has 0 aromatic carbocycles. The Hall–Kier alpha value is -0.870. The molecule has 0 radical (unpaired) electrons. The maximum atomic E-state index is 11.4. The summed E-state index contributed by atoms with van der Waals surface area (Å²) in [6, 6.07) is 2.67. The molecule has 1 amide bonds. The van der Waals surface area contributed by atoms with Crippen LogP contribution in [-0.4, -0.2) is 18.5 Å². The van der Waals surface area contributed by atoms with Gasteiger partial charge >= 0.3 is 0 Å². The highest BCUT2D eigenvalue weighted by Gasteiger charge is 2.20. The summed E-state index contributed by atoms with van der Waals surface area (Å²) >= 11 is 1.69. The molecule has 82 valence electrons. The summed E-state index contributed by atoms with van der Waals surface area (Å²) in [6.07, 6.45) is 2.44. The molecule has 15 heavy (non-hydrogen) atoms. The lowest BCUT2D eigenvalue weighted by Crippen LogP contribution is -2.34. The third-order valence-electron chi connectivity index (χ3n) is 2.54. The van der Waals surface area contributed by atoms with E-state index in [1.165, 1.54) is 23.3 Å². The van der Waals surface area contributed by atoms with Crippen LogP contribution in [-0.2, 0) is 11.3 Å². The molecule has 1 aliphatic rings. The van der Waals surface area contributed by atoms with Gasteiger partial charge in [0.1, 0.15) is 0 Å². The maximum Gasteiger partial charge on any atom is 0.234 e. The van der Waals surface area contributed by atoms with Gasteiger partial charge in [0, 0.05) is 10.9 Å². The molecule has 1 aromatic heterocycles. The Balaban J connectivity index is 1.68. The highest BCUT2D eigenvalue weighted by molar-refractivity contribution is 7.10. The van der Waals surface area contributed by atoms with Crippen LogP contribution in [0.3, 0.4) is 0 Å². The van der Waals surface area contributed by atoms with Gasteiger partial charge in [-0.3, -0.25) is 4.79 Å². The summed E-state index contributed by atoms with van der Waals surface area (Å²) in [5, 5.41) is 8.17. The molecule has 4 heteroatoms. The average molecular weight is 224 g/mol. The van der Waals surface area contributed by atoms with Crippen LogP contribution in [0.1, 0.15) is 23.3 Å². The Morgan fingerprint density at radius 1 is 1.60 bits per heavy atom. The van der Waals surface area contributed by atoms with E-state index in [1.807, 2.05) is 0 Å². The molecule has 0 unspecified atom stereocenters. The van der Waals surface area contributed by atoms with Gasteiger partial charge in [-0.1, -0.05) is 0 Å². The Labute approximate surface area is 93.9 Å². The number of rotatable bonds is 5. The Morgan fingerprint density at radius 3 is 3.00 bits per heavy atom.